The molecule has 2 aromatic carbocycles. The summed E-state index contributed by atoms with van der Waals surface area (Å²) in [6.07, 6.45) is 5.12. The van der Waals surface area contributed by atoms with Gasteiger partial charge in [0.25, 0.3) is 0 Å². The van der Waals surface area contributed by atoms with Gasteiger partial charge in [0.2, 0.25) is 0 Å². The van der Waals surface area contributed by atoms with Gasteiger partial charge in [-0.2, -0.15) is 0 Å². The molecule has 2 aromatic rings. The molecule has 0 atom stereocenters. The van der Waals surface area contributed by atoms with Crippen LogP contribution in [-0.2, 0) is 6.42 Å². The molecule has 19 heavy (non-hydrogen) atoms. The lowest BCUT2D eigenvalue weighted by atomic mass is 9.90. The van der Waals surface area contributed by atoms with Crippen molar-refractivity contribution in [2.24, 2.45) is 0 Å². The summed E-state index contributed by atoms with van der Waals surface area (Å²) in [7, 11) is 0. The standard InChI is InChI=1S/C19H24/c1-4-5-7-10-17-14-13-15(2)19(16(17)3)18-11-8-6-9-12-18/h6,8-9,11-14H,4-5,7,10H2,1-3H3. The Hall–Kier alpha value is -1.56. The van der Waals surface area contributed by atoms with Gasteiger partial charge in [0.05, 0.1) is 0 Å². The second-order valence-electron chi connectivity index (χ2n) is 5.36. The largest absolute Gasteiger partial charge is 0.0654 e. The molecule has 0 aliphatic heterocycles. The van der Waals surface area contributed by atoms with Crippen molar-refractivity contribution >= 4 is 0 Å². The molecule has 0 heteroatoms. The highest BCUT2D eigenvalue weighted by molar-refractivity contribution is 5.71. The van der Waals surface area contributed by atoms with Gasteiger partial charge in [-0.25, -0.2) is 0 Å². The third-order valence-corrected chi connectivity index (χ3v) is 3.90. The fourth-order valence-electron chi connectivity index (χ4n) is 2.78. The lowest BCUT2D eigenvalue weighted by Gasteiger charge is -2.14. The first kappa shape index (κ1) is 13.9. The molecule has 0 aliphatic rings. The molecule has 0 aliphatic carbocycles. The van der Waals surface area contributed by atoms with E-state index in [0.29, 0.717) is 0 Å². The van der Waals surface area contributed by atoms with Crippen LogP contribution in [0.15, 0.2) is 42.5 Å². The summed E-state index contributed by atoms with van der Waals surface area (Å²) in [5.41, 5.74) is 7.12. The Kier molecular flexibility index (Phi) is 4.79. The molecule has 0 saturated carbocycles. The SMILES string of the molecule is CCCCCc1ccc(C)c(-c2ccccc2)c1C. The van der Waals surface area contributed by atoms with Gasteiger partial charge in [-0.3, -0.25) is 0 Å². The zero-order chi connectivity index (χ0) is 13.7. The van der Waals surface area contributed by atoms with Crippen LogP contribution in [0.1, 0.15) is 42.9 Å². The Labute approximate surface area is 117 Å². The number of hydrogen-bond donors (Lipinski definition) is 0. The molecule has 0 bridgehead atoms. The minimum Gasteiger partial charge on any atom is -0.0654 e. The van der Waals surface area contributed by atoms with E-state index in [9.17, 15) is 0 Å². The van der Waals surface area contributed by atoms with Gasteiger partial charge in [-0.05, 0) is 54.5 Å². The van der Waals surface area contributed by atoms with Crippen molar-refractivity contribution in [3.8, 4) is 11.1 Å². The molecule has 0 saturated heterocycles. The second kappa shape index (κ2) is 6.56. The van der Waals surface area contributed by atoms with Gasteiger partial charge >= 0.3 is 0 Å². The van der Waals surface area contributed by atoms with Crippen molar-refractivity contribution in [3.05, 3.63) is 59.2 Å². The molecule has 0 N–H and O–H groups in total. The van der Waals surface area contributed by atoms with Crippen LogP contribution in [-0.4, -0.2) is 0 Å². The van der Waals surface area contributed by atoms with Crippen molar-refractivity contribution in [1.29, 1.82) is 0 Å². The van der Waals surface area contributed by atoms with Crippen LogP contribution in [0, 0.1) is 13.8 Å². The molecule has 0 aromatic heterocycles. The zero-order valence-corrected chi connectivity index (χ0v) is 12.4. The summed E-state index contributed by atoms with van der Waals surface area (Å²) >= 11 is 0. The van der Waals surface area contributed by atoms with Gasteiger partial charge < -0.3 is 0 Å². The van der Waals surface area contributed by atoms with E-state index in [1.807, 2.05) is 0 Å². The smallest absolute Gasteiger partial charge is 0.0123 e. The van der Waals surface area contributed by atoms with E-state index in [0.717, 1.165) is 0 Å². The van der Waals surface area contributed by atoms with Gasteiger partial charge in [0.15, 0.2) is 0 Å². The molecule has 0 unspecified atom stereocenters. The predicted octanol–water partition coefficient (Wildman–Crippen LogP) is 5.70. The average molecular weight is 252 g/mol. The van der Waals surface area contributed by atoms with E-state index in [-0.39, 0.29) is 0 Å². The van der Waals surface area contributed by atoms with Crippen LogP contribution in [0.3, 0.4) is 0 Å². The lowest BCUT2D eigenvalue weighted by Crippen LogP contribution is -1.95. The number of aryl methyl sites for hydroxylation is 2. The van der Waals surface area contributed by atoms with E-state index in [4.69, 9.17) is 0 Å². The number of hydrogen-bond acceptors (Lipinski definition) is 0. The lowest BCUT2D eigenvalue weighted by molar-refractivity contribution is 0.715. The van der Waals surface area contributed by atoms with Crippen LogP contribution < -0.4 is 0 Å². The highest BCUT2D eigenvalue weighted by Gasteiger charge is 2.09. The second-order valence-corrected chi connectivity index (χ2v) is 5.36. The summed E-state index contributed by atoms with van der Waals surface area (Å²) in [6, 6.07) is 15.3. The van der Waals surface area contributed by atoms with Gasteiger partial charge in [-0.15, -0.1) is 0 Å². The Morgan fingerprint density at radius 3 is 2.26 bits per heavy atom. The third-order valence-electron chi connectivity index (χ3n) is 3.90. The van der Waals surface area contributed by atoms with Gasteiger partial charge in [0.1, 0.15) is 0 Å². The van der Waals surface area contributed by atoms with Crippen LogP contribution in [0.4, 0.5) is 0 Å². The maximum atomic E-state index is 2.31. The highest BCUT2D eigenvalue weighted by atomic mass is 14.1. The van der Waals surface area contributed by atoms with E-state index in [2.05, 4.69) is 63.2 Å². The third kappa shape index (κ3) is 3.26. The highest BCUT2D eigenvalue weighted by Crippen LogP contribution is 2.30. The van der Waals surface area contributed by atoms with E-state index in [1.165, 1.54) is 53.5 Å². The Balaban J connectivity index is 2.35. The summed E-state index contributed by atoms with van der Waals surface area (Å²) < 4.78 is 0. The first-order chi connectivity index (χ1) is 9.24. The molecular formula is C19H24. The maximum Gasteiger partial charge on any atom is -0.0123 e. The molecule has 0 heterocycles. The molecule has 0 radical (unpaired) electrons. The molecule has 2 rings (SSSR count). The topological polar surface area (TPSA) is 0 Å². The first-order valence-corrected chi connectivity index (χ1v) is 7.38. The van der Waals surface area contributed by atoms with E-state index in [1.54, 1.807) is 0 Å². The molecule has 0 spiro atoms. The molecule has 0 nitrogen and oxygen atoms in total. The quantitative estimate of drug-likeness (QED) is 0.598. The molecule has 0 amide bonds. The Morgan fingerprint density at radius 1 is 0.842 bits per heavy atom. The van der Waals surface area contributed by atoms with Crippen LogP contribution in [0.5, 0.6) is 0 Å². The Morgan fingerprint density at radius 2 is 1.58 bits per heavy atom. The van der Waals surface area contributed by atoms with Crippen LogP contribution in [0.25, 0.3) is 11.1 Å². The summed E-state index contributed by atoms with van der Waals surface area (Å²) in [5, 5.41) is 0. The minimum absolute atomic E-state index is 1.21. The molecule has 0 fully saturated rings. The van der Waals surface area contributed by atoms with Crippen molar-refractivity contribution in [1.82, 2.24) is 0 Å². The fourth-order valence-corrected chi connectivity index (χ4v) is 2.78. The van der Waals surface area contributed by atoms with Crippen LogP contribution >= 0.6 is 0 Å². The fraction of sp³-hybridized carbons (Fsp3) is 0.368. The van der Waals surface area contributed by atoms with E-state index < -0.39 is 0 Å². The number of unbranched alkanes of at least 4 members (excludes halogenated alkanes) is 2. The maximum absolute atomic E-state index is 2.31. The summed E-state index contributed by atoms with van der Waals surface area (Å²) in [6.45, 7) is 6.75. The molecule has 100 valence electrons. The van der Waals surface area contributed by atoms with Gasteiger partial charge in [0, 0.05) is 0 Å². The normalized spacial score (nSPS) is 10.7. The van der Waals surface area contributed by atoms with Crippen molar-refractivity contribution in [2.45, 2.75) is 46.5 Å². The predicted molar refractivity (Wildman–Crippen MR) is 84.6 cm³/mol. The van der Waals surface area contributed by atoms with E-state index >= 15 is 0 Å². The molecular weight excluding hydrogens is 228 g/mol. The minimum atomic E-state index is 1.21. The zero-order valence-electron chi connectivity index (χ0n) is 12.4. The van der Waals surface area contributed by atoms with Crippen LogP contribution in [0.2, 0.25) is 0 Å². The average Bonchev–Trinajstić information content (AvgIpc) is 2.43. The van der Waals surface area contributed by atoms with Crippen molar-refractivity contribution < 1.29 is 0 Å². The van der Waals surface area contributed by atoms with Crippen molar-refractivity contribution in [3.63, 3.8) is 0 Å². The summed E-state index contributed by atoms with van der Waals surface area (Å²) in [4.78, 5) is 0. The summed E-state index contributed by atoms with van der Waals surface area (Å²) in [5.74, 6) is 0. The van der Waals surface area contributed by atoms with Gasteiger partial charge in [-0.1, -0.05) is 62.2 Å². The monoisotopic (exact) mass is 252 g/mol. The number of rotatable bonds is 5. The first-order valence-electron chi connectivity index (χ1n) is 7.38. The van der Waals surface area contributed by atoms with Crippen molar-refractivity contribution in [2.75, 3.05) is 0 Å². The number of benzene rings is 2. The Bertz CT molecular complexity index is 523.